The molecule has 3 rings (SSSR count). The number of hydrogen-bond donors (Lipinski definition) is 1. The highest BCUT2D eigenvalue weighted by molar-refractivity contribution is 7.91. The van der Waals surface area contributed by atoms with E-state index < -0.39 is 9.84 Å². The third-order valence-corrected chi connectivity index (χ3v) is 6.48. The number of anilines is 1. The van der Waals surface area contributed by atoms with Crippen LogP contribution in [0.25, 0.3) is 10.6 Å². The molecule has 2 aromatic rings. The van der Waals surface area contributed by atoms with E-state index in [-0.39, 0.29) is 11.7 Å². The molecule has 0 saturated carbocycles. The Labute approximate surface area is 132 Å². The average molecular weight is 344 g/mol. The fourth-order valence-electron chi connectivity index (χ4n) is 2.30. The molecule has 1 aliphatic rings. The molecule has 1 fully saturated rings. The summed E-state index contributed by atoms with van der Waals surface area (Å²) >= 11 is 7.55. The van der Waals surface area contributed by atoms with Crippen LogP contribution in [0.15, 0.2) is 24.3 Å². The third-order valence-electron chi connectivity index (χ3n) is 3.40. The van der Waals surface area contributed by atoms with Gasteiger partial charge in [0, 0.05) is 12.1 Å². The summed E-state index contributed by atoms with van der Waals surface area (Å²) < 4.78 is 22.8. The highest BCUT2D eigenvalue weighted by Gasteiger charge is 2.27. The minimum absolute atomic E-state index is 0.155. The largest absolute Gasteiger partial charge is 0.360 e. The van der Waals surface area contributed by atoms with Gasteiger partial charge in [0.1, 0.15) is 0 Å². The number of rotatable bonds is 4. The minimum Gasteiger partial charge on any atom is -0.360 e. The summed E-state index contributed by atoms with van der Waals surface area (Å²) in [6.07, 6.45) is 0.714. The van der Waals surface area contributed by atoms with E-state index in [2.05, 4.69) is 15.5 Å². The Hall–Kier alpha value is -1.18. The second-order valence-corrected chi connectivity index (χ2v) is 8.66. The first-order valence-electron chi connectivity index (χ1n) is 6.56. The van der Waals surface area contributed by atoms with Gasteiger partial charge in [0.05, 0.1) is 16.5 Å². The summed E-state index contributed by atoms with van der Waals surface area (Å²) in [5.41, 5.74) is 0.855. The molecule has 112 valence electrons. The molecule has 5 nitrogen and oxygen atoms in total. The van der Waals surface area contributed by atoms with Crippen molar-refractivity contribution in [3.63, 3.8) is 0 Å². The van der Waals surface area contributed by atoms with E-state index in [4.69, 9.17) is 11.6 Å². The molecule has 1 unspecified atom stereocenters. The van der Waals surface area contributed by atoms with Gasteiger partial charge in [0.15, 0.2) is 14.8 Å². The fraction of sp³-hybridized carbons (Fsp3) is 0.385. The van der Waals surface area contributed by atoms with Crippen LogP contribution < -0.4 is 5.32 Å². The molecular formula is C13H14ClN3O2S2. The van der Waals surface area contributed by atoms with E-state index in [1.165, 1.54) is 11.3 Å². The lowest BCUT2D eigenvalue weighted by molar-refractivity contribution is 0.596. The summed E-state index contributed by atoms with van der Waals surface area (Å²) in [5, 5.41) is 13.5. The van der Waals surface area contributed by atoms with Gasteiger partial charge in [0.2, 0.25) is 5.13 Å². The second kappa shape index (κ2) is 5.90. The number of sulfone groups is 1. The van der Waals surface area contributed by atoms with Gasteiger partial charge < -0.3 is 5.32 Å². The van der Waals surface area contributed by atoms with Gasteiger partial charge in [-0.05, 0) is 18.4 Å². The Balaban J connectivity index is 1.65. The lowest BCUT2D eigenvalue weighted by atomic mass is 10.1. The first-order chi connectivity index (χ1) is 10.0. The Morgan fingerprint density at radius 1 is 1.33 bits per heavy atom. The lowest BCUT2D eigenvalue weighted by Crippen LogP contribution is -2.15. The molecule has 0 aliphatic carbocycles. The Morgan fingerprint density at radius 3 is 2.86 bits per heavy atom. The smallest absolute Gasteiger partial charge is 0.206 e. The van der Waals surface area contributed by atoms with Crippen LogP contribution in [0, 0.1) is 5.92 Å². The molecule has 0 bridgehead atoms. The van der Waals surface area contributed by atoms with E-state index in [1.54, 1.807) is 0 Å². The van der Waals surface area contributed by atoms with Crippen molar-refractivity contribution in [2.75, 3.05) is 23.4 Å². The molecule has 1 aromatic carbocycles. The van der Waals surface area contributed by atoms with Crippen molar-refractivity contribution in [3.8, 4) is 10.6 Å². The molecule has 2 heterocycles. The van der Waals surface area contributed by atoms with Gasteiger partial charge in [-0.1, -0.05) is 41.1 Å². The number of nitrogens with zero attached hydrogens (tertiary/aromatic N) is 2. The van der Waals surface area contributed by atoms with Crippen LogP contribution in [0.3, 0.4) is 0 Å². The molecule has 1 aromatic heterocycles. The monoisotopic (exact) mass is 343 g/mol. The van der Waals surface area contributed by atoms with Gasteiger partial charge in [-0.3, -0.25) is 0 Å². The normalized spacial score (nSPS) is 20.5. The standard InChI is InChI=1S/C13H14ClN3O2S2/c14-11-4-2-1-3-10(11)12-16-17-13(20-12)15-7-9-5-6-21(18,19)8-9/h1-4,9H,5-8H2,(H,15,17). The Bertz CT molecular complexity index is 745. The molecule has 1 N–H and O–H groups in total. The molecule has 8 heteroatoms. The van der Waals surface area contributed by atoms with Crippen molar-refractivity contribution in [1.29, 1.82) is 0 Å². The van der Waals surface area contributed by atoms with Crippen molar-refractivity contribution < 1.29 is 8.42 Å². The first kappa shape index (κ1) is 14.7. The number of benzene rings is 1. The molecule has 0 radical (unpaired) electrons. The highest BCUT2D eigenvalue weighted by Crippen LogP contribution is 2.31. The molecular weight excluding hydrogens is 330 g/mol. The van der Waals surface area contributed by atoms with Gasteiger partial charge >= 0.3 is 0 Å². The minimum atomic E-state index is -2.83. The van der Waals surface area contributed by atoms with Gasteiger partial charge in [-0.25, -0.2) is 8.42 Å². The number of halogens is 1. The van der Waals surface area contributed by atoms with Crippen LogP contribution in [0.5, 0.6) is 0 Å². The zero-order valence-corrected chi connectivity index (χ0v) is 13.5. The molecule has 0 spiro atoms. The summed E-state index contributed by atoms with van der Waals surface area (Å²) in [6.45, 7) is 0.608. The zero-order valence-electron chi connectivity index (χ0n) is 11.1. The van der Waals surface area contributed by atoms with Crippen LogP contribution in [-0.4, -0.2) is 36.7 Å². The maximum absolute atomic E-state index is 11.4. The highest BCUT2D eigenvalue weighted by atomic mass is 35.5. The third kappa shape index (κ3) is 3.53. The van der Waals surface area contributed by atoms with E-state index in [1.807, 2.05) is 24.3 Å². The predicted octanol–water partition coefficient (Wildman–Crippen LogP) is 2.71. The van der Waals surface area contributed by atoms with E-state index >= 15 is 0 Å². The van der Waals surface area contributed by atoms with Gasteiger partial charge in [0.25, 0.3) is 0 Å². The first-order valence-corrected chi connectivity index (χ1v) is 9.58. The average Bonchev–Trinajstić information content (AvgIpc) is 3.03. The molecule has 1 aliphatic heterocycles. The number of hydrogen-bond acceptors (Lipinski definition) is 6. The quantitative estimate of drug-likeness (QED) is 0.924. The van der Waals surface area contributed by atoms with E-state index in [0.29, 0.717) is 28.9 Å². The van der Waals surface area contributed by atoms with Crippen molar-refractivity contribution in [1.82, 2.24) is 10.2 Å². The number of nitrogens with one attached hydrogen (secondary N) is 1. The Morgan fingerprint density at radius 2 is 2.14 bits per heavy atom. The van der Waals surface area contributed by atoms with Crippen LogP contribution in [0.2, 0.25) is 5.02 Å². The SMILES string of the molecule is O=S1(=O)CCC(CNc2nnc(-c3ccccc3Cl)s2)C1. The van der Waals surface area contributed by atoms with Gasteiger partial charge in [-0.2, -0.15) is 0 Å². The maximum Gasteiger partial charge on any atom is 0.206 e. The van der Waals surface area contributed by atoms with Crippen molar-refractivity contribution >= 4 is 37.9 Å². The van der Waals surface area contributed by atoms with E-state index in [0.717, 1.165) is 10.6 Å². The van der Waals surface area contributed by atoms with Crippen LogP contribution in [-0.2, 0) is 9.84 Å². The summed E-state index contributed by atoms with van der Waals surface area (Å²) in [6, 6.07) is 7.48. The molecule has 1 atom stereocenters. The summed E-state index contributed by atoms with van der Waals surface area (Å²) in [7, 11) is -2.83. The fourth-order valence-corrected chi connectivity index (χ4v) is 5.24. The van der Waals surface area contributed by atoms with Crippen molar-refractivity contribution in [2.24, 2.45) is 5.92 Å². The Kier molecular flexibility index (Phi) is 4.14. The summed E-state index contributed by atoms with van der Waals surface area (Å²) in [5.74, 6) is 0.707. The van der Waals surface area contributed by atoms with Crippen LogP contribution in [0.1, 0.15) is 6.42 Å². The number of aromatic nitrogens is 2. The molecule has 1 saturated heterocycles. The second-order valence-electron chi connectivity index (χ2n) is 5.04. The van der Waals surface area contributed by atoms with Crippen molar-refractivity contribution in [2.45, 2.75) is 6.42 Å². The molecule has 21 heavy (non-hydrogen) atoms. The van der Waals surface area contributed by atoms with E-state index in [9.17, 15) is 8.42 Å². The van der Waals surface area contributed by atoms with Crippen molar-refractivity contribution in [3.05, 3.63) is 29.3 Å². The topological polar surface area (TPSA) is 72.0 Å². The summed E-state index contributed by atoms with van der Waals surface area (Å²) in [4.78, 5) is 0. The lowest BCUT2D eigenvalue weighted by Gasteiger charge is -2.07. The zero-order chi connectivity index (χ0) is 14.9. The molecule has 0 amide bonds. The van der Waals surface area contributed by atoms with Crippen LogP contribution >= 0.6 is 22.9 Å². The maximum atomic E-state index is 11.4. The van der Waals surface area contributed by atoms with Gasteiger partial charge in [-0.15, -0.1) is 10.2 Å². The van der Waals surface area contributed by atoms with Crippen LogP contribution in [0.4, 0.5) is 5.13 Å². The predicted molar refractivity (Wildman–Crippen MR) is 85.6 cm³/mol.